The van der Waals surface area contributed by atoms with E-state index in [1.165, 1.54) is 39.8 Å². The van der Waals surface area contributed by atoms with Gasteiger partial charge in [0.2, 0.25) is 11.8 Å². The number of β-lactam (4-membered cyclic amide) rings is 1. The van der Waals surface area contributed by atoms with Gasteiger partial charge in [0.15, 0.2) is 16.5 Å². The number of amides is 2. The number of thiazole rings is 1. The number of hydrogen-bond donors (Lipinski definition) is 1. The van der Waals surface area contributed by atoms with E-state index >= 15 is 0 Å². The summed E-state index contributed by atoms with van der Waals surface area (Å²) in [5, 5.41) is 6.29. The normalized spacial score (nSPS) is 18.6. The van der Waals surface area contributed by atoms with E-state index < -0.39 is 29.5 Å². The molecule has 5 aromatic rings. The molecule has 2 aliphatic heterocycles. The van der Waals surface area contributed by atoms with Gasteiger partial charge in [0, 0.05) is 28.2 Å². The fraction of sp³-hybridized carbons (Fsp3) is 0.139. The lowest BCUT2D eigenvalue weighted by Crippen LogP contribution is -2.73. The second kappa shape index (κ2) is 14.0. The quantitative estimate of drug-likeness (QED) is 0.133. The maximum atomic E-state index is 14.3. The van der Waals surface area contributed by atoms with Crippen LogP contribution in [0.5, 0.6) is 0 Å². The van der Waals surface area contributed by atoms with Crippen molar-refractivity contribution >= 4 is 52.6 Å². The van der Waals surface area contributed by atoms with Crippen LogP contribution in [0.15, 0.2) is 136 Å². The van der Waals surface area contributed by atoms with Crippen LogP contribution in [0.3, 0.4) is 0 Å². The first-order chi connectivity index (χ1) is 23.0. The first-order valence-corrected chi connectivity index (χ1v) is 17.5. The van der Waals surface area contributed by atoms with Gasteiger partial charge in [-0.3, -0.25) is 14.6 Å². The number of nitrogens with zero attached hydrogens (tertiary/aromatic N) is 3. The lowest BCUT2D eigenvalue weighted by molar-refractivity contribution is -0.165. The van der Waals surface area contributed by atoms with E-state index in [9.17, 15) is 14.4 Å². The van der Waals surface area contributed by atoms with Gasteiger partial charge in [-0.25, -0.2) is 9.78 Å². The molecule has 4 heterocycles. The summed E-state index contributed by atoms with van der Waals surface area (Å²) in [6.45, 7) is 0. The topological polar surface area (TPSA) is 101 Å². The number of pyridine rings is 1. The molecule has 2 aromatic heterocycles. The molecule has 1 N–H and O–H groups in total. The van der Waals surface area contributed by atoms with Crippen molar-refractivity contribution in [2.24, 2.45) is 0 Å². The molecule has 11 heteroatoms. The number of esters is 1. The second-order valence-electron chi connectivity index (χ2n) is 10.9. The van der Waals surface area contributed by atoms with Gasteiger partial charge in [0.1, 0.15) is 11.4 Å². The molecule has 47 heavy (non-hydrogen) atoms. The summed E-state index contributed by atoms with van der Waals surface area (Å²) < 4.78 is 7.02. The summed E-state index contributed by atoms with van der Waals surface area (Å²) in [6, 6.07) is 30.5. The van der Waals surface area contributed by atoms with Crippen molar-refractivity contribution in [1.82, 2.24) is 20.2 Å². The minimum Gasteiger partial charge on any atom is -0.451 e. The number of carbonyl (C=O) groups is 3. The molecule has 8 nitrogen and oxygen atoms in total. The third-order valence-corrected chi connectivity index (χ3v) is 11.1. The maximum Gasteiger partial charge on any atom is 0.335 e. The fourth-order valence-corrected chi connectivity index (χ4v) is 8.82. The predicted molar refractivity (Wildman–Crippen MR) is 184 cm³/mol. The summed E-state index contributed by atoms with van der Waals surface area (Å²) in [5.41, 5.74) is 4.22. The molecular weight excluding hydrogens is 649 g/mol. The molecule has 1 unspecified atom stereocenters. The molecule has 0 spiro atoms. The Kier molecular flexibility index (Phi) is 9.18. The summed E-state index contributed by atoms with van der Waals surface area (Å²) in [6.07, 6.45) is 2.91. The summed E-state index contributed by atoms with van der Waals surface area (Å²) in [4.78, 5) is 52.0. The van der Waals surface area contributed by atoms with Gasteiger partial charge in [-0.15, -0.1) is 23.1 Å². The van der Waals surface area contributed by atoms with E-state index in [1.807, 2.05) is 114 Å². The summed E-state index contributed by atoms with van der Waals surface area (Å²) in [7, 11) is 0. The van der Waals surface area contributed by atoms with Crippen molar-refractivity contribution in [3.05, 3.63) is 148 Å². The Bertz CT molecular complexity index is 1870. The first kappa shape index (κ1) is 30.9. The number of benzene rings is 3. The molecule has 0 radical (unpaired) electrons. The lowest BCUT2D eigenvalue weighted by Gasteiger charge is -2.51. The molecule has 2 aliphatic rings. The van der Waals surface area contributed by atoms with E-state index in [0.29, 0.717) is 4.91 Å². The number of nitrogens with one attached hydrogen (secondary N) is 1. The Balaban J connectivity index is 1.16. The standard InChI is InChI=1S/C36H28N4O4S3/c41-29(20-23-10-4-1-5-11-23)39-30-33(42)40-31(35(43)44-32(25-12-6-2-7-13-25)26-14-8-3-9-15-26)28(22-45-34(30)40)47-36-38-27(21-46-36)24-16-18-37-19-17-24/h1-19,21-22,30-32,34H,20H2,(H,39,41)/t30-,31?,34-/m1/s1. The number of carbonyl (C=O) groups excluding carboxylic acids is 3. The minimum atomic E-state index is -1.01. The van der Waals surface area contributed by atoms with E-state index in [4.69, 9.17) is 9.72 Å². The van der Waals surface area contributed by atoms with E-state index in [0.717, 1.165) is 32.3 Å². The predicted octanol–water partition coefficient (Wildman–Crippen LogP) is 6.48. The number of thioether (sulfide) groups is 2. The van der Waals surface area contributed by atoms with Gasteiger partial charge >= 0.3 is 5.97 Å². The zero-order valence-electron chi connectivity index (χ0n) is 24.8. The van der Waals surface area contributed by atoms with Crippen molar-refractivity contribution in [2.75, 3.05) is 0 Å². The van der Waals surface area contributed by atoms with Gasteiger partial charge in [-0.1, -0.05) is 103 Å². The van der Waals surface area contributed by atoms with Gasteiger partial charge in [0.05, 0.1) is 12.1 Å². The highest BCUT2D eigenvalue weighted by Crippen LogP contribution is 2.47. The highest BCUT2D eigenvalue weighted by Gasteiger charge is 2.56. The van der Waals surface area contributed by atoms with Crippen molar-refractivity contribution in [2.45, 2.75) is 34.3 Å². The zero-order chi connectivity index (χ0) is 32.2. The number of ether oxygens (including phenoxy) is 1. The molecule has 7 rings (SSSR count). The van der Waals surface area contributed by atoms with Crippen LogP contribution in [0.25, 0.3) is 11.3 Å². The maximum absolute atomic E-state index is 14.3. The third kappa shape index (κ3) is 6.73. The van der Waals surface area contributed by atoms with Crippen LogP contribution in [-0.4, -0.2) is 50.1 Å². The van der Waals surface area contributed by atoms with Crippen LogP contribution in [-0.2, 0) is 25.5 Å². The number of aromatic nitrogens is 2. The Morgan fingerprint density at radius 1 is 0.894 bits per heavy atom. The zero-order valence-corrected chi connectivity index (χ0v) is 27.3. The molecule has 0 bridgehead atoms. The summed E-state index contributed by atoms with van der Waals surface area (Å²) in [5.74, 6) is -1.14. The van der Waals surface area contributed by atoms with Gasteiger partial charge in [0.25, 0.3) is 0 Å². The molecule has 0 aliphatic carbocycles. The molecular formula is C36H28N4O4S3. The van der Waals surface area contributed by atoms with Crippen LogP contribution >= 0.6 is 34.9 Å². The molecule has 2 amide bonds. The van der Waals surface area contributed by atoms with Crippen LogP contribution in [0.1, 0.15) is 22.8 Å². The third-order valence-electron chi connectivity index (χ3n) is 7.80. The molecule has 234 valence electrons. The Morgan fingerprint density at radius 2 is 1.53 bits per heavy atom. The average molecular weight is 677 g/mol. The molecule has 3 atom stereocenters. The first-order valence-electron chi connectivity index (χ1n) is 14.9. The van der Waals surface area contributed by atoms with Crippen molar-refractivity contribution < 1.29 is 19.1 Å². The van der Waals surface area contributed by atoms with Crippen LogP contribution in [0, 0.1) is 0 Å². The van der Waals surface area contributed by atoms with Crippen molar-refractivity contribution in [1.29, 1.82) is 0 Å². The van der Waals surface area contributed by atoms with Crippen LogP contribution < -0.4 is 5.32 Å². The van der Waals surface area contributed by atoms with Crippen LogP contribution in [0.4, 0.5) is 0 Å². The van der Waals surface area contributed by atoms with Gasteiger partial charge in [-0.2, -0.15) is 0 Å². The van der Waals surface area contributed by atoms with Gasteiger partial charge < -0.3 is 15.0 Å². The lowest BCUT2D eigenvalue weighted by atomic mass is 10.00. The van der Waals surface area contributed by atoms with Gasteiger partial charge in [-0.05, 0) is 34.2 Å². The molecule has 1 saturated heterocycles. The summed E-state index contributed by atoms with van der Waals surface area (Å²) >= 11 is 4.21. The Hall–Kier alpha value is -4.71. The molecule has 0 saturated carbocycles. The van der Waals surface area contributed by atoms with Crippen molar-refractivity contribution in [3.63, 3.8) is 0 Å². The number of fused-ring (bicyclic) bond motifs is 1. The number of rotatable bonds is 10. The molecule has 1 fully saturated rings. The Morgan fingerprint density at radius 3 is 2.19 bits per heavy atom. The fourth-order valence-electron chi connectivity index (χ4n) is 5.52. The minimum absolute atomic E-state index is 0.157. The monoisotopic (exact) mass is 676 g/mol. The average Bonchev–Trinajstić information content (AvgIpc) is 3.59. The highest BCUT2D eigenvalue weighted by molar-refractivity contribution is 8.07. The van der Waals surface area contributed by atoms with E-state index in [2.05, 4.69) is 10.3 Å². The van der Waals surface area contributed by atoms with Crippen LogP contribution in [0.2, 0.25) is 0 Å². The Labute approximate surface area is 284 Å². The van der Waals surface area contributed by atoms with Crippen molar-refractivity contribution in [3.8, 4) is 11.3 Å². The number of hydrogen-bond acceptors (Lipinski definition) is 9. The SMILES string of the molecule is O=C(Cc1ccccc1)N[C@@H]1C(=O)N2C(C(=O)OC(c3ccccc3)c3ccccc3)C(Sc3nc(-c4ccncc4)cs3)=CS[C@H]12. The second-order valence-corrected chi connectivity index (χ2v) is 14.0. The largest absolute Gasteiger partial charge is 0.451 e. The highest BCUT2D eigenvalue weighted by atomic mass is 32.2. The van der Waals surface area contributed by atoms with E-state index in [1.54, 1.807) is 12.4 Å². The van der Waals surface area contributed by atoms with E-state index in [-0.39, 0.29) is 18.2 Å². The molecule has 3 aromatic carbocycles. The smallest absolute Gasteiger partial charge is 0.335 e.